The van der Waals surface area contributed by atoms with Gasteiger partial charge in [0.1, 0.15) is 22.8 Å². The molecule has 0 aromatic heterocycles. The number of aliphatic hydroxyl groups excluding tert-OH is 2. The lowest BCUT2D eigenvalue weighted by atomic mass is 9.60. The highest BCUT2D eigenvalue weighted by Gasteiger charge is 2.54. The molecule has 5 N–H and O–H groups in total. The second-order valence-electron chi connectivity index (χ2n) is 10.7. The molecule has 4 atom stereocenters. The van der Waals surface area contributed by atoms with Gasteiger partial charge in [0.05, 0.1) is 17.5 Å². The number of nitrogens with zero attached hydrogens (tertiary/aromatic N) is 2. The number of anilines is 1. The molecule has 5 rings (SSSR count). The summed E-state index contributed by atoms with van der Waals surface area (Å²) in [5, 5.41) is 33.7. The number of nitrogens with two attached hydrogens (primary N) is 1. The summed E-state index contributed by atoms with van der Waals surface area (Å²) in [5.41, 5.74) is 7.71. The number of carbonyl (C=O) groups is 3. The number of rotatable bonds is 4. The van der Waals surface area contributed by atoms with E-state index in [0.29, 0.717) is 24.0 Å². The molecule has 0 aliphatic heterocycles. The van der Waals surface area contributed by atoms with E-state index in [1.807, 2.05) is 55.4 Å². The molecule has 0 radical (unpaired) electrons. The molecule has 198 valence electrons. The van der Waals surface area contributed by atoms with Crippen molar-refractivity contribution in [2.24, 2.45) is 23.5 Å². The minimum absolute atomic E-state index is 0.0695. The highest BCUT2D eigenvalue weighted by molar-refractivity contribution is 6.22. The second-order valence-corrected chi connectivity index (χ2v) is 10.7. The highest BCUT2D eigenvalue weighted by atomic mass is 16.3. The quantitative estimate of drug-likeness (QED) is 0.453. The molecule has 9 heteroatoms. The number of benzene rings is 2. The maximum absolute atomic E-state index is 14.0. The minimum atomic E-state index is -1.20. The number of Topliss-reactive ketones (excluding diaryl/α,β-unsaturated/α-hetero) is 2. The van der Waals surface area contributed by atoms with Gasteiger partial charge in [0.2, 0.25) is 0 Å². The van der Waals surface area contributed by atoms with Gasteiger partial charge in [-0.2, -0.15) is 0 Å². The number of aliphatic hydroxyl groups is 2. The molecule has 0 saturated carbocycles. The Labute approximate surface area is 220 Å². The number of primary amides is 1. The maximum Gasteiger partial charge on any atom is 0.255 e. The number of aromatic hydroxyl groups is 1. The predicted octanol–water partition coefficient (Wildman–Crippen LogP) is 2.74. The first-order valence-corrected chi connectivity index (χ1v) is 12.5. The van der Waals surface area contributed by atoms with Crippen molar-refractivity contribution >= 4 is 23.2 Å². The van der Waals surface area contributed by atoms with Crippen molar-refractivity contribution in [2.75, 3.05) is 33.1 Å². The van der Waals surface area contributed by atoms with E-state index in [-0.39, 0.29) is 16.9 Å². The Kier molecular flexibility index (Phi) is 6.06. The largest absolute Gasteiger partial charge is 0.511 e. The first-order chi connectivity index (χ1) is 18.0. The SMILES string of the molecule is CN(C)c1cc(-c2ccccc2)c(O)c2c1CC1CC3C(C(=O)C(C(N)=O)=C(O)[C@H]3N(C)C)C(O)=C1C2=O. The van der Waals surface area contributed by atoms with E-state index >= 15 is 0 Å². The summed E-state index contributed by atoms with van der Waals surface area (Å²) in [5.74, 6) is -5.66. The van der Waals surface area contributed by atoms with E-state index < -0.39 is 58.4 Å². The molecule has 0 fully saturated rings. The molecule has 0 spiro atoms. The average Bonchev–Trinajstić information content (AvgIpc) is 2.83. The van der Waals surface area contributed by atoms with Crippen LogP contribution in [0.25, 0.3) is 11.1 Å². The van der Waals surface area contributed by atoms with E-state index in [2.05, 4.69) is 0 Å². The van der Waals surface area contributed by atoms with E-state index in [1.165, 1.54) is 0 Å². The average molecular weight is 518 g/mol. The Balaban J connectivity index is 1.72. The lowest BCUT2D eigenvalue weighted by Crippen LogP contribution is -2.53. The van der Waals surface area contributed by atoms with Crippen molar-refractivity contribution in [3.63, 3.8) is 0 Å². The van der Waals surface area contributed by atoms with Crippen LogP contribution in [-0.2, 0) is 16.0 Å². The van der Waals surface area contributed by atoms with Crippen LogP contribution in [0.2, 0.25) is 0 Å². The normalized spacial score (nSPS) is 24.8. The van der Waals surface area contributed by atoms with E-state index in [9.17, 15) is 29.7 Å². The molecular formula is C29H31N3O6. The van der Waals surface area contributed by atoms with Gasteiger partial charge in [-0.25, -0.2) is 0 Å². The van der Waals surface area contributed by atoms with Gasteiger partial charge < -0.3 is 26.0 Å². The van der Waals surface area contributed by atoms with Crippen LogP contribution < -0.4 is 10.6 Å². The summed E-state index contributed by atoms with van der Waals surface area (Å²) >= 11 is 0. The number of ketones is 2. The summed E-state index contributed by atoms with van der Waals surface area (Å²) in [6.07, 6.45) is 0.662. The molecule has 3 aliphatic rings. The molecule has 2 aromatic rings. The molecule has 0 heterocycles. The van der Waals surface area contributed by atoms with Crippen LogP contribution in [0, 0.1) is 17.8 Å². The second kappa shape index (κ2) is 9.02. The maximum atomic E-state index is 14.0. The van der Waals surface area contributed by atoms with Gasteiger partial charge in [-0.15, -0.1) is 0 Å². The number of carbonyl (C=O) groups excluding carboxylic acids is 3. The molecule has 9 nitrogen and oxygen atoms in total. The Hall–Kier alpha value is -4.11. The smallest absolute Gasteiger partial charge is 0.255 e. The molecule has 2 aromatic carbocycles. The molecule has 0 bridgehead atoms. The number of amides is 1. The zero-order valence-corrected chi connectivity index (χ0v) is 21.7. The predicted molar refractivity (Wildman–Crippen MR) is 142 cm³/mol. The Morgan fingerprint density at radius 2 is 1.66 bits per heavy atom. The van der Waals surface area contributed by atoms with Crippen molar-refractivity contribution in [3.8, 4) is 16.9 Å². The summed E-state index contributed by atoms with van der Waals surface area (Å²) < 4.78 is 0. The van der Waals surface area contributed by atoms with Gasteiger partial charge in [0.15, 0.2) is 11.6 Å². The van der Waals surface area contributed by atoms with Gasteiger partial charge in [-0.3, -0.25) is 19.3 Å². The number of hydrogen-bond donors (Lipinski definition) is 4. The van der Waals surface area contributed by atoms with E-state index in [0.717, 1.165) is 11.3 Å². The molecule has 1 amide bonds. The van der Waals surface area contributed by atoms with Crippen LogP contribution in [0.15, 0.2) is 59.1 Å². The summed E-state index contributed by atoms with van der Waals surface area (Å²) in [6.45, 7) is 0. The number of likely N-dealkylation sites (N-methyl/N-ethyl adjacent to an activating group) is 1. The van der Waals surface area contributed by atoms with Crippen LogP contribution >= 0.6 is 0 Å². The zero-order chi connectivity index (χ0) is 27.6. The van der Waals surface area contributed by atoms with Crippen LogP contribution in [0.5, 0.6) is 5.75 Å². The van der Waals surface area contributed by atoms with Crippen molar-refractivity contribution in [1.29, 1.82) is 0 Å². The van der Waals surface area contributed by atoms with Gasteiger partial charge in [0.25, 0.3) is 5.91 Å². The zero-order valence-electron chi connectivity index (χ0n) is 21.7. The topological polar surface area (TPSA) is 144 Å². The van der Waals surface area contributed by atoms with Gasteiger partial charge >= 0.3 is 0 Å². The summed E-state index contributed by atoms with van der Waals surface area (Å²) in [7, 11) is 7.14. The van der Waals surface area contributed by atoms with Crippen LogP contribution in [0.1, 0.15) is 22.3 Å². The third kappa shape index (κ3) is 3.60. The fourth-order valence-electron chi connectivity index (χ4n) is 6.55. The number of allylic oxidation sites excluding steroid dienone is 2. The summed E-state index contributed by atoms with van der Waals surface area (Å²) in [6, 6.07) is 10.3. The Morgan fingerprint density at radius 3 is 2.24 bits per heavy atom. The van der Waals surface area contributed by atoms with Crippen molar-refractivity contribution in [3.05, 3.63) is 70.2 Å². The van der Waals surface area contributed by atoms with E-state index in [1.54, 1.807) is 19.0 Å². The fraction of sp³-hybridized carbons (Fsp3) is 0.345. The lowest BCUT2D eigenvalue weighted by molar-refractivity contribution is -0.127. The Bertz CT molecular complexity index is 1440. The van der Waals surface area contributed by atoms with E-state index in [4.69, 9.17) is 5.73 Å². The molecule has 3 aliphatic carbocycles. The number of phenolic OH excluding ortho intramolecular Hbond substituents is 1. The molecular weight excluding hydrogens is 486 g/mol. The number of hydrogen-bond acceptors (Lipinski definition) is 8. The fourth-order valence-corrected chi connectivity index (χ4v) is 6.55. The minimum Gasteiger partial charge on any atom is -0.511 e. The van der Waals surface area contributed by atoms with Gasteiger partial charge in [0, 0.05) is 30.9 Å². The van der Waals surface area contributed by atoms with Crippen molar-refractivity contribution in [1.82, 2.24) is 4.90 Å². The first kappa shape index (κ1) is 25.5. The highest BCUT2D eigenvalue weighted by Crippen LogP contribution is 2.52. The monoisotopic (exact) mass is 517 g/mol. The molecule has 3 unspecified atom stereocenters. The lowest BCUT2D eigenvalue weighted by Gasteiger charge is -2.46. The van der Waals surface area contributed by atoms with Crippen LogP contribution in [-0.4, -0.2) is 71.9 Å². The third-order valence-corrected chi connectivity index (χ3v) is 8.11. The van der Waals surface area contributed by atoms with Gasteiger partial charge in [-0.1, -0.05) is 30.3 Å². The number of fused-ring (bicyclic) bond motifs is 3. The third-order valence-electron chi connectivity index (χ3n) is 8.11. The van der Waals surface area contributed by atoms with Crippen molar-refractivity contribution in [2.45, 2.75) is 18.9 Å². The Morgan fingerprint density at radius 1 is 1.00 bits per heavy atom. The van der Waals surface area contributed by atoms with Crippen molar-refractivity contribution < 1.29 is 29.7 Å². The number of phenols is 1. The van der Waals surface area contributed by atoms with Crippen LogP contribution in [0.4, 0.5) is 5.69 Å². The van der Waals surface area contributed by atoms with Crippen LogP contribution in [0.3, 0.4) is 0 Å². The molecule has 38 heavy (non-hydrogen) atoms. The van der Waals surface area contributed by atoms with Gasteiger partial charge in [-0.05, 0) is 56.0 Å². The standard InChI is InChI=1S/C29H31N3O6/c1-31(2)18-12-15(13-8-6-5-7-9-13)24(33)20-16(18)10-14-11-17-21(26(35)19(14)25(20)34)27(36)22(29(30)38)28(37)23(17)32(3)4/h5-9,12,14,17,21,23,33,35,37H,10-11H2,1-4H3,(H2,30,38)/t14?,17?,21?,23-/m0/s1. The first-order valence-electron chi connectivity index (χ1n) is 12.5. The summed E-state index contributed by atoms with van der Waals surface area (Å²) in [4.78, 5) is 43.1. The molecule has 0 saturated heterocycles.